The molecule has 39 heavy (non-hydrogen) atoms. The Bertz CT molecular complexity index is 1400. The maximum Gasteiger partial charge on any atom is 0.265 e. The lowest BCUT2D eigenvalue weighted by atomic mass is 9.70. The highest BCUT2D eigenvalue weighted by atomic mass is 32.2. The molecule has 0 amide bonds. The van der Waals surface area contributed by atoms with E-state index in [1.165, 1.54) is 0 Å². The summed E-state index contributed by atoms with van der Waals surface area (Å²) in [6, 6.07) is 7.33. The summed E-state index contributed by atoms with van der Waals surface area (Å²) in [4.78, 5) is 26.9. The zero-order chi connectivity index (χ0) is 28.1. The number of carbonyl (C=O) groups is 2. The third-order valence-corrected chi connectivity index (χ3v) is 12.2. The summed E-state index contributed by atoms with van der Waals surface area (Å²) in [5.74, 6) is -1.80. The zero-order valence-electron chi connectivity index (χ0n) is 22.4. The van der Waals surface area contributed by atoms with Crippen LogP contribution < -0.4 is 0 Å². The van der Waals surface area contributed by atoms with Gasteiger partial charge in [-0.2, -0.15) is 16.8 Å². The fraction of sp³-hybridized carbons (Fsp3) is 0.571. The van der Waals surface area contributed by atoms with Crippen LogP contribution in [0.3, 0.4) is 0 Å². The molecule has 4 bridgehead atoms. The average Bonchev–Trinajstić information content (AvgIpc) is 3.27. The molecule has 1 aromatic rings. The van der Waals surface area contributed by atoms with Crippen molar-refractivity contribution in [2.75, 3.05) is 11.5 Å². The van der Waals surface area contributed by atoms with Crippen LogP contribution in [-0.4, -0.2) is 49.0 Å². The van der Waals surface area contributed by atoms with Gasteiger partial charge in [0.25, 0.3) is 20.2 Å². The lowest BCUT2D eigenvalue weighted by Crippen LogP contribution is -2.42. The Kier molecular flexibility index (Phi) is 6.79. The Labute approximate surface area is 228 Å². The van der Waals surface area contributed by atoms with Crippen LogP contribution in [0.5, 0.6) is 0 Å². The van der Waals surface area contributed by atoms with Crippen LogP contribution in [0.2, 0.25) is 0 Å². The molecule has 0 saturated heterocycles. The summed E-state index contributed by atoms with van der Waals surface area (Å²) in [6.45, 7) is 7.58. The maximum atomic E-state index is 13.4. The van der Waals surface area contributed by atoms with E-state index < -0.39 is 53.4 Å². The Morgan fingerprint density at radius 1 is 0.718 bits per heavy atom. The molecule has 11 heteroatoms. The SMILES string of the molecule is CC1(C)C2CCC1(CS(=O)(=O)O)C(=O)C2=Cc1ccc(/C=C2/C(=O)C3(CS(=O)(=O)O)CCC2C3(C)C)cc1.F. The number of hydrogen-bond acceptors (Lipinski definition) is 6. The van der Waals surface area contributed by atoms with Crippen molar-refractivity contribution in [2.24, 2.45) is 33.5 Å². The van der Waals surface area contributed by atoms with Gasteiger partial charge in [0.05, 0.1) is 22.3 Å². The van der Waals surface area contributed by atoms with E-state index in [1.54, 1.807) is 12.2 Å². The van der Waals surface area contributed by atoms with Gasteiger partial charge < -0.3 is 0 Å². The molecule has 8 nitrogen and oxygen atoms in total. The second kappa shape index (κ2) is 8.89. The van der Waals surface area contributed by atoms with Crippen LogP contribution in [0.1, 0.15) is 64.5 Å². The fourth-order valence-corrected chi connectivity index (χ4v) is 10.8. The van der Waals surface area contributed by atoms with Gasteiger partial charge in [0.15, 0.2) is 11.6 Å². The molecule has 4 saturated carbocycles. The lowest BCUT2D eigenvalue weighted by molar-refractivity contribution is -0.125. The molecule has 4 atom stereocenters. The van der Waals surface area contributed by atoms with Crippen LogP contribution >= 0.6 is 0 Å². The van der Waals surface area contributed by atoms with E-state index >= 15 is 0 Å². The standard InChI is InChI=1S/C28H34O8S2.FH/c1-25(2)21-9-11-27(25,15-37(31,32)33)23(29)19(21)13-17-5-7-18(8-6-17)14-20-22-10-12-28(24(20)30,26(22,3)4)16-38(34,35)36;/h5-8,13-14,21-22H,9-12,15-16H2,1-4H3,(H,31,32,33)(H,34,35,36);1H/b19-13+,20-14?;. The Morgan fingerprint density at radius 3 is 1.31 bits per heavy atom. The van der Waals surface area contributed by atoms with Crippen LogP contribution in [-0.2, 0) is 29.8 Å². The number of rotatable bonds is 6. The molecule has 0 aliphatic heterocycles. The van der Waals surface area contributed by atoms with E-state index in [0.29, 0.717) is 36.8 Å². The van der Waals surface area contributed by atoms with Crippen LogP contribution in [0.15, 0.2) is 35.4 Å². The summed E-state index contributed by atoms with van der Waals surface area (Å²) in [5.41, 5.74) is -0.762. The van der Waals surface area contributed by atoms with Gasteiger partial charge in [0, 0.05) is 11.1 Å². The first kappa shape index (κ1) is 29.8. The van der Waals surface area contributed by atoms with Crippen molar-refractivity contribution in [3.8, 4) is 0 Å². The van der Waals surface area contributed by atoms with Gasteiger partial charge in [0.1, 0.15) is 0 Å². The number of carbonyl (C=O) groups excluding carboxylic acids is 2. The van der Waals surface area contributed by atoms with Crippen LogP contribution in [0, 0.1) is 33.5 Å². The molecule has 0 heterocycles. The number of hydrogen-bond donors (Lipinski definition) is 2. The molecule has 0 aromatic heterocycles. The summed E-state index contributed by atoms with van der Waals surface area (Å²) in [7, 11) is -8.66. The van der Waals surface area contributed by atoms with Crippen LogP contribution in [0.25, 0.3) is 12.2 Å². The van der Waals surface area contributed by atoms with Gasteiger partial charge in [0.2, 0.25) is 0 Å². The van der Waals surface area contributed by atoms with E-state index in [2.05, 4.69) is 0 Å². The van der Waals surface area contributed by atoms with Gasteiger partial charge in [-0.3, -0.25) is 23.4 Å². The number of halogens is 1. The second-order valence-electron chi connectivity index (χ2n) is 12.8. The first-order valence-corrected chi connectivity index (χ1v) is 16.1. The van der Waals surface area contributed by atoms with Gasteiger partial charge in [-0.15, -0.1) is 0 Å². The Balaban J connectivity index is 0.00000353. The van der Waals surface area contributed by atoms with Crippen molar-refractivity contribution in [3.05, 3.63) is 46.5 Å². The Hall–Kier alpha value is -2.21. The first-order valence-electron chi connectivity index (χ1n) is 12.9. The predicted molar refractivity (Wildman–Crippen MR) is 146 cm³/mol. The fourth-order valence-electron chi connectivity index (χ4n) is 8.23. The first-order chi connectivity index (χ1) is 17.3. The summed E-state index contributed by atoms with van der Waals surface area (Å²) in [5, 5.41) is 0. The number of benzene rings is 1. The molecule has 2 N–H and O–H groups in total. The zero-order valence-corrected chi connectivity index (χ0v) is 24.1. The maximum absolute atomic E-state index is 13.4. The largest absolute Gasteiger partial charge is 0.294 e. The molecule has 214 valence electrons. The van der Waals surface area contributed by atoms with Gasteiger partial charge >= 0.3 is 0 Å². The highest BCUT2D eigenvalue weighted by Crippen LogP contribution is 2.67. The molecule has 0 radical (unpaired) electrons. The second-order valence-corrected chi connectivity index (χ2v) is 15.7. The van der Waals surface area contributed by atoms with Gasteiger partial charge in [-0.25, -0.2) is 0 Å². The smallest absolute Gasteiger partial charge is 0.265 e. The molecule has 4 fully saturated rings. The molecule has 5 rings (SSSR count). The van der Waals surface area contributed by atoms with Crippen molar-refractivity contribution in [3.63, 3.8) is 0 Å². The van der Waals surface area contributed by atoms with Crippen molar-refractivity contribution in [1.82, 2.24) is 0 Å². The molecular formula is C28H35FO8S2. The molecular weight excluding hydrogens is 547 g/mol. The normalized spacial score (nSPS) is 34.7. The lowest BCUT2D eigenvalue weighted by Gasteiger charge is -2.34. The minimum Gasteiger partial charge on any atom is -0.294 e. The third-order valence-electron chi connectivity index (χ3n) is 10.5. The third kappa shape index (κ3) is 4.27. The monoisotopic (exact) mass is 582 g/mol. The molecule has 0 spiro atoms. The van der Waals surface area contributed by atoms with Crippen molar-refractivity contribution in [1.29, 1.82) is 0 Å². The number of allylic oxidation sites excluding steroid dienone is 2. The topological polar surface area (TPSA) is 143 Å². The minimum atomic E-state index is -4.33. The minimum absolute atomic E-state index is 0. The van der Waals surface area contributed by atoms with Crippen LogP contribution in [0.4, 0.5) is 4.70 Å². The number of ketones is 2. The van der Waals surface area contributed by atoms with E-state index in [4.69, 9.17) is 0 Å². The van der Waals surface area contributed by atoms with Crippen molar-refractivity contribution >= 4 is 44.0 Å². The van der Waals surface area contributed by atoms with E-state index in [0.717, 1.165) is 11.1 Å². The molecule has 4 aliphatic rings. The van der Waals surface area contributed by atoms with Crippen molar-refractivity contribution < 1.29 is 40.2 Å². The van der Waals surface area contributed by atoms with Gasteiger partial charge in [-0.1, -0.05) is 52.0 Å². The highest BCUT2D eigenvalue weighted by Gasteiger charge is 2.68. The van der Waals surface area contributed by atoms with Gasteiger partial charge in [-0.05, 0) is 71.6 Å². The molecule has 4 aliphatic carbocycles. The summed E-state index contributed by atoms with van der Waals surface area (Å²) < 4.78 is 66.1. The van der Waals surface area contributed by atoms with E-state index in [1.807, 2.05) is 52.0 Å². The summed E-state index contributed by atoms with van der Waals surface area (Å²) >= 11 is 0. The summed E-state index contributed by atoms with van der Waals surface area (Å²) in [6.07, 6.45) is 5.80. The average molecular weight is 583 g/mol. The van der Waals surface area contributed by atoms with E-state index in [-0.39, 0.29) is 28.1 Å². The quantitative estimate of drug-likeness (QED) is 0.371. The molecule has 1 aromatic carbocycles. The van der Waals surface area contributed by atoms with Crippen molar-refractivity contribution in [2.45, 2.75) is 53.4 Å². The van der Waals surface area contributed by atoms with E-state index in [9.17, 15) is 35.5 Å². The number of Topliss-reactive ketones (excluding diaryl/α,β-unsaturated/α-hetero) is 2. The highest BCUT2D eigenvalue weighted by molar-refractivity contribution is 7.86. The Morgan fingerprint density at radius 2 is 1.03 bits per heavy atom. The number of fused-ring (bicyclic) bond motifs is 4. The predicted octanol–water partition coefficient (Wildman–Crippen LogP) is 4.39. The molecule has 4 unspecified atom stereocenters.